The molecule has 0 N–H and O–H groups in total. The molecular weight excluding hydrogens is 280 g/mol. The normalized spacial score (nSPS) is 36.5. The van der Waals surface area contributed by atoms with Gasteiger partial charge in [-0.1, -0.05) is 29.8 Å². The Morgan fingerprint density at radius 3 is 2.59 bits per heavy atom. The minimum atomic E-state index is 0.351. The summed E-state index contributed by atoms with van der Waals surface area (Å²) in [6.07, 6.45) is 8.05. The summed E-state index contributed by atoms with van der Waals surface area (Å²) in [5.74, 6) is 0. The Bertz CT molecular complexity index is 234. The molecule has 100 valence electrons. The van der Waals surface area contributed by atoms with Gasteiger partial charge in [0, 0.05) is 16.8 Å². The maximum atomic E-state index is 6.13. The fraction of sp³-hybridized carbons (Fsp3) is 1.00. The molecule has 2 rings (SSSR count). The van der Waals surface area contributed by atoms with Gasteiger partial charge in [0.1, 0.15) is 0 Å². The second kappa shape index (κ2) is 6.03. The van der Waals surface area contributed by atoms with Crippen molar-refractivity contribution < 1.29 is 9.47 Å². The summed E-state index contributed by atoms with van der Waals surface area (Å²) in [7, 11) is 0. The molecule has 2 nitrogen and oxygen atoms in total. The molecule has 2 fully saturated rings. The third kappa shape index (κ3) is 2.71. The van der Waals surface area contributed by atoms with Crippen LogP contribution in [0.5, 0.6) is 0 Å². The molecule has 0 bridgehead atoms. The number of ether oxygens (including phenoxy) is 2. The van der Waals surface area contributed by atoms with Gasteiger partial charge in [0.25, 0.3) is 0 Å². The van der Waals surface area contributed by atoms with Crippen molar-refractivity contribution in [1.29, 1.82) is 0 Å². The Morgan fingerprint density at radius 1 is 1.29 bits per heavy atom. The molecule has 1 saturated heterocycles. The van der Waals surface area contributed by atoms with Gasteiger partial charge in [-0.25, -0.2) is 0 Å². The van der Waals surface area contributed by atoms with E-state index in [9.17, 15) is 0 Å². The van der Waals surface area contributed by atoms with Gasteiger partial charge in [-0.3, -0.25) is 0 Å². The molecule has 0 radical (unpaired) electrons. The molecule has 3 atom stereocenters. The summed E-state index contributed by atoms with van der Waals surface area (Å²) in [6.45, 7) is 6.29. The van der Waals surface area contributed by atoms with E-state index in [-0.39, 0.29) is 0 Å². The average molecular weight is 305 g/mol. The minimum Gasteiger partial charge on any atom is -0.376 e. The Hall–Kier alpha value is 0.400. The van der Waals surface area contributed by atoms with E-state index in [0.717, 1.165) is 19.6 Å². The Labute approximate surface area is 114 Å². The first kappa shape index (κ1) is 13.8. The number of hydrogen-bond donors (Lipinski definition) is 0. The SMILES string of the molecule is CCC1(CC)C(Br)CC1OCC1CCCCO1. The zero-order chi connectivity index (χ0) is 12.3. The van der Waals surface area contributed by atoms with Gasteiger partial charge in [-0.15, -0.1) is 0 Å². The van der Waals surface area contributed by atoms with Crippen LogP contribution in [-0.4, -0.2) is 30.2 Å². The van der Waals surface area contributed by atoms with Crippen molar-refractivity contribution in [3.05, 3.63) is 0 Å². The lowest BCUT2D eigenvalue weighted by Gasteiger charge is -2.53. The standard InChI is InChI=1S/C14H25BrO2/c1-3-14(4-2)12(15)9-13(14)17-10-11-7-5-6-8-16-11/h11-13H,3-10H2,1-2H3. The molecule has 0 aromatic rings. The molecule has 3 unspecified atom stereocenters. The van der Waals surface area contributed by atoms with Gasteiger partial charge in [0.2, 0.25) is 0 Å². The smallest absolute Gasteiger partial charge is 0.0808 e. The minimum absolute atomic E-state index is 0.351. The maximum absolute atomic E-state index is 6.13. The van der Waals surface area contributed by atoms with Crippen LogP contribution in [0.3, 0.4) is 0 Å². The summed E-state index contributed by atoms with van der Waals surface area (Å²) in [4.78, 5) is 0.641. The lowest BCUT2D eigenvalue weighted by Crippen LogP contribution is -2.55. The highest BCUT2D eigenvalue weighted by molar-refractivity contribution is 9.09. The summed E-state index contributed by atoms with van der Waals surface area (Å²) in [5.41, 5.74) is 0.370. The van der Waals surface area contributed by atoms with Crippen LogP contribution in [0.4, 0.5) is 0 Å². The molecule has 1 saturated carbocycles. The molecule has 1 aliphatic heterocycles. The number of hydrogen-bond acceptors (Lipinski definition) is 2. The van der Waals surface area contributed by atoms with E-state index >= 15 is 0 Å². The van der Waals surface area contributed by atoms with Crippen molar-refractivity contribution >= 4 is 15.9 Å². The Balaban J connectivity index is 1.79. The molecule has 0 aromatic carbocycles. The number of rotatable bonds is 5. The average Bonchev–Trinajstić information content (AvgIpc) is 2.37. The molecule has 0 aromatic heterocycles. The number of halogens is 1. The highest BCUT2D eigenvalue weighted by Crippen LogP contribution is 2.52. The monoisotopic (exact) mass is 304 g/mol. The van der Waals surface area contributed by atoms with Gasteiger partial charge < -0.3 is 9.47 Å². The van der Waals surface area contributed by atoms with Gasteiger partial charge in [0.05, 0.1) is 18.8 Å². The largest absolute Gasteiger partial charge is 0.376 e. The van der Waals surface area contributed by atoms with E-state index in [1.807, 2.05) is 0 Å². The predicted octanol–water partition coefficient (Wildman–Crippen LogP) is 3.91. The van der Waals surface area contributed by atoms with Crippen LogP contribution >= 0.6 is 15.9 Å². The van der Waals surface area contributed by atoms with E-state index in [2.05, 4.69) is 29.8 Å². The molecule has 17 heavy (non-hydrogen) atoms. The van der Waals surface area contributed by atoms with E-state index in [0.29, 0.717) is 22.5 Å². The summed E-state index contributed by atoms with van der Waals surface area (Å²) in [5, 5.41) is 0. The van der Waals surface area contributed by atoms with Gasteiger partial charge in [-0.2, -0.15) is 0 Å². The van der Waals surface area contributed by atoms with Gasteiger partial charge in [-0.05, 0) is 38.5 Å². The molecule has 0 amide bonds. The molecule has 2 aliphatic rings. The lowest BCUT2D eigenvalue weighted by atomic mass is 9.62. The van der Waals surface area contributed by atoms with E-state index in [1.165, 1.54) is 32.1 Å². The quantitative estimate of drug-likeness (QED) is 0.717. The molecule has 1 aliphatic carbocycles. The second-order valence-electron chi connectivity index (χ2n) is 5.45. The first-order chi connectivity index (χ1) is 8.23. The lowest BCUT2D eigenvalue weighted by molar-refractivity contribution is -0.140. The molecule has 1 heterocycles. The highest BCUT2D eigenvalue weighted by Gasteiger charge is 2.52. The van der Waals surface area contributed by atoms with Crippen molar-refractivity contribution in [2.24, 2.45) is 5.41 Å². The zero-order valence-electron chi connectivity index (χ0n) is 11.1. The van der Waals surface area contributed by atoms with Crippen LogP contribution < -0.4 is 0 Å². The van der Waals surface area contributed by atoms with Crippen LogP contribution in [0.2, 0.25) is 0 Å². The van der Waals surface area contributed by atoms with E-state index in [1.54, 1.807) is 0 Å². The van der Waals surface area contributed by atoms with Crippen LogP contribution in [0.15, 0.2) is 0 Å². The fourth-order valence-corrected chi connectivity index (χ4v) is 4.53. The van der Waals surface area contributed by atoms with Crippen LogP contribution in [0, 0.1) is 5.41 Å². The van der Waals surface area contributed by atoms with E-state index in [4.69, 9.17) is 9.47 Å². The predicted molar refractivity (Wildman–Crippen MR) is 73.7 cm³/mol. The van der Waals surface area contributed by atoms with Crippen molar-refractivity contribution in [3.63, 3.8) is 0 Å². The van der Waals surface area contributed by atoms with Crippen molar-refractivity contribution in [2.45, 2.75) is 69.4 Å². The van der Waals surface area contributed by atoms with Gasteiger partial charge >= 0.3 is 0 Å². The topological polar surface area (TPSA) is 18.5 Å². The van der Waals surface area contributed by atoms with E-state index < -0.39 is 0 Å². The van der Waals surface area contributed by atoms with Crippen molar-refractivity contribution in [1.82, 2.24) is 0 Å². The van der Waals surface area contributed by atoms with Crippen molar-refractivity contribution in [2.75, 3.05) is 13.2 Å². The first-order valence-corrected chi connectivity index (χ1v) is 8.01. The second-order valence-corrected chi connectivity index (χ2v) is 6.56. The molecule has 0 spiro atoms. The third-order valence-corrected chi connectivity index (χ3v) is 6.05. The fourth-order valence-electron chi connectivity index (χ4n) is 3.24. The van der Waals surface area contributed by atoms with Crippen LogP contribution in [0.25, 0.3) is 0 Å². The molecular formula is C14H25BrO2. The number of alkyl halides is 1. The Kier molecular flexibility index (Phi) is 4.90. The summed E-state index contributed by atoms with van der Waals surface area (Å²) < 4.78 is 11.9. The first-order valence-electron chi connectivity index (χ1n) is 7.10. The van der Waals surface area contributed by atoms with Crippen LogP contribution in [0.1, 0.15) is 52.4 Å². The van der Waals surface area contributed by atoms with Crippen LogP contribution in [-0.2, 0) is 9.47 Å². The zero-order valence-corrected chi connectivity index (χ0v) is 12.7. The summed E-state index contributed by atoms with van der Waals surface area (Å²) >= 11 is 3.80. The third-order valence-electron chi connectivity index (χ3n) is 4.76. The van der Waals surface area contributed by atoms with Gasteiger partial charge in [0.15, 0.2) is 0 Å². The maximum Gasteiger partial charge on any atom is 0.0808 e. The summed E-state index contributed by atoms with van der Waals surface area (Å²) in [6, 6.07) is 0. The molecule has 3 heteroatoms. The van der Waals surface area contributed by atoms with Crippen molar-refractivity contribution in [3.8, 4) is 0 Å². The Morgan fingerprint density at radius 2 is 2.06 bits per heavy atom. The highest BCUT2D eigenvalue weighted by atomic mass is 79.9.